The predicted molar refractivity (Wildman–Crippen MR) is 68.8 cm³/mol. The summed E-state index contributed by atoms with van der Waals surface area (Å²) in [4.78, 5) is 0.0598. The monoisotopic (exact) mass is 314 g/mol. The van der Waals surface area contributed by atoms with Crippen LogP contribution in [0.4, 0.5) is 0 Å². The standard InChI is InChI=1S/C11H16O5PS.Na/c1-3-15-17(12,16-4-2)10-18(13,14)11-8-6-5-7-9-11;/h5-10H,3-4H2,1-2H3;/q-1;+1. The molecule has 8 heteroatoms. The molecule has 5 nitrogen and oxygen atoms in total. The van der Waals surface area contributed by atoms with Gasteiger partial charge in [0, 0.05) is 4.90 Å². The summed E-state index contributed by atoms with van der Waals surface area (Å²) in [5.41, 5.74) is 0.669. The fourth-order valence-corrected chi connectivity index (χ4v) is 4.96. The summed E-state index contributed by atoms with van der Waals surface area (Å²) in [6, 6.07) is 7.73. The number of benzene rings is 1. The third-order valence-corrected chi connectivity index (χ3v) is 6.27. The van der Waals surface area contributed by atoms with Gasteiger partial charge in [-0.25, -0.2) is 0 Å². The Labute approximate surface area is 136 Å². The van der Waals surface area contributed by atoms with Crippen molar-refractivity contribution < 1.29 is 51.6 Å². The first-order chi connectivity index (χ1) is 8.43. The predicted octanol–water partition coefficient (Wildman–Crippen LogP) is -0.150. The van der Waals surface area contributed by atoms with Gasteiger partial charge >= 0.3 is 29.6 Å². The molecule has 0 aromatic heterocycles. The van der Waals surface area contributed by atoms with Crippen LogP contribution < -0.4 is 29.6 Å². The Balaban J connectivity index is 0.00000324. The molecule has 0 aliphatic heterocycles. The normalized spacial score (nSPS) is 11.9. The number of hydrogen-bond donors (Lipinski definition) is 0. The van der Waals surface area contributed by atoms with Crippen LogP contribution in [-0.4, -0.2) is 21.6 Å². The van der Waals surface area contributed by atoms with Crippen LogP contribution in [0.3, 0.4) is 0 Å². The SMILES string of the molecule is CCOP(=O)([CH-]S(=O)(=O)c1ccccc1)OCC.[Na+]. The van der Waals surface area contributed by atoms with Crippen molar-refractivity contribution in [3.63, 3.8) is 0 Å². The number of hydrogen-bond acceptors (Lipinski definition) is 5. The van der Waals surface area contributed by atoms with Gasteiger partial charge in [-0.15, -0.1) is 0 Å². The second-order valence-corrected chi connectivity index (χ2v) is 7.34. The first-order valence-corrected chi connectivity index (χ1v) is 8.64. The Hall–Kier alpha value is 0.320. The largest absolute Gasteiger partial charge is 1.00 e. The van der Waals surface area contributed by atoms with Crippen molar-refractivity contribution in [2.45, 2.75) is 18.7 Å². The van der Waals surface area contributed by atoms with Crippen LogP contribution in [0.15, 0.2) is 35.2 Å². The molecule has 0 N–H and O–H groups in total. The summed E-state index contributed by atoms with van der Waals surface area (Å²) in [5.74, 6) is 0. The smallest absolute Gasteiger partial charge is 0.331 e. The molecule has 19 heavy (non-hydrogen) atoms. The van der Waals surface area contributed by atoms with Crippen LogP contribution in [0.1, 0.15) is 13.8 Å². The van der Waals surface area contributed by atoms with Crippen molar-refractivity contribution in [3.8, 4) is 0 Å². The first-order valence-electron chi connectivity index (χ1n) is 5.48. The molecule has 0 fully saturated rings. The fraction of sp³-hybridized carbons (Fsp3) is 0.364. The Kier molecular flexibility index (Phi) is 8.72. The zero-order valence-corrected chi connectivity index (χ0v) is 15.0. The van der Waals surface area contributed by atoms with Crippen LogP contribution in [0.2, 0.25) is 0 Å². The molecule has 1 aromatic carbocycles. The molecule has 0 aliphatic carbocycles. The van der Waals surface area contributed by atoms with E-state index in [0.717, 1.165) is 0 Å². The van der Waals surface area contributed by atoms with E-state index < -0.39 is 17.4 Å². The van der Waals surface area contributed by atoms with E-state index in [1.807, 2.05) is 0 Å². The average molecular weight is 314 g/mol. The van der Waals surface area contributed by atoms with E-state index in [9.17, 15) is 13.0 Å². The molecule has 102 valence electrons. The molecule has 0 unspecified atom stereocenters. The van der Waals surface area contributed by atoms with E-state index in [-0.39, 0.29) is 47.7 Å². The van der Waals surface area contributed by atoms with Gasteiger partial charge in [-0.3, -0.25) is 13.0 Å². The molecule has 0 heterocycles. The van der Waals surface area contributed by atoms with Crippen molar-refractivity contribution >= 4 is 17.4 Å². The maximum Gasteiger partial charge on any atom is 1.00 e. The zero-order valence-electron chi connectivity index (χ0n) is 11.3. The van der Waals surface area contributed by atoms with Crippen molar-refractivity contribution in [1.29, 1.82) is 0 Å². The zero-order chi connectivity index (χ0) is 13.6. The van der Waals surface area contributed by atoms with E-state index >= 15 is 0 Å². The summed E-state index contributed by atoms with van der Waals surface area (Å²) in [5, 5.41) is 0. The molecular weight excluding hydrogens is 298 g/mol. The van der Waals surface area contributed by atoms with Crippen molar-refractivity contribution in [2.75, 3.05) is 13.2 Å². The summed E-state index contributed by atoms with van der Waals surface area (Å²) in [6.07, 6.45) is 0. The van der Waals surface area contributed by atoms with Gasteiger partial charge in [-0.05, 0) is 26.0 Å². The minimum atomic E-state index is -3.80. The summed E-state index contributed by atoms with van der Waals surface area (Å²) < 4.78 is 46.0. The van der Waals surface area contributed by atoms with Crippen LogP contribution in [0, 0.1) is 5.49 Å². The van der Waals surface area contributed by atoms with Crippen LogP contribution in [-0.2, 0) is 23.4 Å². The minimum absolute atomic E-state index is 0. The average Bonchev–Trinajstić information content (AvgIpc) is 2.29. The van der Waals surface area contributed by atoms with E-state index in [1.54, 1.807) is 32.0 Å². The molecule has 0 aliphatic rings. The van der Waals surface area contributed by atoms with E-state index in [4.69, 9.17) is 9.05 Å². The van der Waals surface area contributed by atoms with Gasteiger partial charge in [0.2, 0.25) is 7.60 Å². The van der Waals surface area contributed by atoms with E-state index in [1.165, 1.54) is 12.1 Å². The van der Waals surface area contributed by atoms with Crippen LogP contribution >= 0.6 is 7.60 Å². The Morgan fingerprint density at radius 3 is 2.00 bits per heavy atom. The van der Waals surface area contributed by atoms with Crippen LogP contribution in [0.25, 0.3) is 0 Å². The van der Waals surface area contributed by atoms with Crippen molar-refractivity contribution in [3.05, 3.63) is 35.8 Å². The topological polar surface area (TPSA) is 69.7 Å². The molecule has 0 atom stereocenters. The van der Waals surface area contributed by atoms with Gasteiger partial charge in [0.1, 0.15) is 0 Å². The Morgan fingerprint density at radius 2 is 1.58 bits per heavy atom. The van der Waals surface area contributed by atoms with Gasteiger partial charge in [0.25, 0.3) is 0 Å². The summed E-state index contributed by atoms with van der Waals surface area (Å²) in [7, 11) is -7.52. The van der Waals surface area contributed by atoms with Gasteiger partial charge in [0.15, 0.2) is 0 Å². The first kappa shape index (κ1) is 19.3. The molecular formula is C11H16NaO5PS. The quantitative estimate of drug-likeness (QED) is 0.398. The number of sulfone groups is 1. The maximum absolute atomic E-state index is 12.1. The van der Waals surface area contributed by atoms with Gasteiger partial charge in [0.05, 0.1) is 23.1 Å². The maximum atomic E-state index is 12.1. The molecule has 0 spiro atoms. The molecule has 0 amide bonds. The van der Waals surface area contributed by atoms with Gasteiger partial charge in [-0.1, -0.05) is 23.7 Å². The van der Waals surface area contributed by atoms with Gasteiger partial charge in [-0.2, -0.15) is 0 Å². The summed E-state index contributed by atoms with van der Waals surface area (Å²) >= 11 is 0. The van der Waals surface area contributed by atoms with Gasteiger partial charge < -0.3 is 9.05 Å². The molecule has 0 bridgehead atoms. The molecule has 1 rings (SSSR count). The van der Waals surface area contributed by atoms with Crippen LogP contribution in [0.5, 0.6) is 0 Å². The second kappa shape index (κ2) is 8.57. The molecule has 1 aromatic rings. The van der Waals surface area contributed by atoms with Crippen molar-refractivity contribution in [1.82, 2.24) is 0 Å². The van der Waals surface area contributed by atoms with Crippen molar-refractivity contribution in [2.24, 2.45) is 0 Å². The fourth-order valence-electron chi connectivity index (χ4n) is 1.30. The molecule has 0 radical (unpaired) electrons. The van der Waals surface area contributed by atoms with E-state index in [0.29, 0.717) is 5.49 Å². The second-order valence-electron chi connectivity index (χ2n) is 3.34. The third kappa shape index (κ3) is 6.08. The number of rotatable bonds is 7. The molecule has 0 saturated heterocycles. The third-order valence-electron chi connectivity index (χ3n) is 1.96. The minimum Gasteiger partial charge on any atom is -0.331 e. The molecule has 0 saturated carbocycles. The summed E-state index contributed by atoms with van der Waals surface area (Å²) in [6.45, 7) is 3.46. The Bertz CT molecular complexity index is 507. The Morgan fingerprint density at radius 1 is 1.11 bits per heavy atom. The van der Waals surface area contributed by atoms with E-state index in [2.05, 4.69) is 0 Å².